The Labute approximate surface area is 120 Å². The summed E-state index contributed by atoms with van der Waals surface area (Å²) < 4.78 is 0. The number of nitrogens with two attached hydrogens (primary N) is 1. The van der Waals surface area contributed by atoms with Crippen molar-refractivity contribution in [3.05, 3.63) is 12.7 Å². The van der Waals surface area contributed by atoms with Crippen LogP contribution in [-0.2, 0) is 0 Å². The molecule has 0 radical (unpaired) electrons. The van der Waals surface area contributed by atoms with Gasteiger partial charge in [-0.1, -0.05) is 63.9 Å². The first-order chi connectivity index (χ1) is 9.33. The van der Waals surface area contributed by atoms with Crippen LogP contribution in [0.4, 0.5) is 0 Å². The molecule has 0 spiro atoms. The quantitative estimate of drug-likeness (QED) is 0.579. The fraction of sp³-hybridized carbons (Fsp3) is 0.882. The van der Waals surface area contributed by atoms with Crippen LogP contribution in [-0.4, -0.2) is 18.6 Å². The Hall–Kier alpha value is -0.340. The molecule has 3 N–H and O–H groups in total. The second-order valence-corrected chi connectivity index (χ2v) is 6.17. The molecule has 1 saturated carbocycles. The fourth-order valence-electron chi connectivity index (χ4n) is 3.18. The van der Waals surface area contributed by atoms with E-state index in [1.54, 1.807) is 0 Å². The second-order valence-electron chi connectivity index (χ2n) is 6.17. The number of hydrogen-bond donors (Lipinski definition) is 2. The van der Waals surface area contributed by atoms with E-state index >= 15 is 0 Å². The van der Waals surface area contributed by atoms with Crippen molar-refractivity contribution in [3.63, 3.8) is 0 Å². The van der Waals surface area contributed by atoms with Crippen LogP contribution in [0.2, 0.25) is 0 Å². The van der Waals surface area contributed by atoms with E-state index in [0.29, 0.717) is 0 Å². The second kappa shape index (κ2) is 10.4. The van der Waals surface area contributed by atoms with E-state index in [-0.39, 0.29) is 5.54 Å². The molecule has 0 unspecified atom stereocenters. The Bertz CT molecular complexity index is 213. The van der Waals surface area contributed by atoms with Gasteiger partial charge in [0.1, 0.15) is 0 Å². The highest BCUT2D eigenvalue weighted by atomic mass is 15.0. The van der Waals surface area contributed by atoms with E-state index in [1.807, 2.05) is 6.08 Å². The maximum atomic E-state index is 6.11. The first kappa shape index (κ1) is 16.7. The number of hydrogen-bond acceptors (Lipinski definition) is 2. The van der Waals surface area contributed by atoms with Crippen LogP contribution in [0.3, 0.4) is 0 Å². The van der Waals surface area contributed by atoms with Crippen LogP contribution in [0.15, 0.2) is 12.7 Å². The average Bonchev–Trinajstić information content (AvgIpc) is 2.42. The third kappa shape index (κ3) is 7.12. The third-order valence-electron chi connectivity index (χ3n) is 4.55. The molecule has 1 rings (SSSR count). The van der Waals surface area contributed by atoms with Gasteiger partial charge in [0.15, 0.2) is 0 Å². The van der Waals surface area contributed by atoms with Crippen molar-refractivity contribution in [1.82, 2.24) is 5.32 Å². The van der Waals surface area contributed by atoms with Gasteiger partial charge in [0.25, 0.3) is 0 Å². The first-order valence-corrected chi connectivity index (χ1v) is 8.39. The highest BCUT2D eigenvalue weighted by Gasteiger charge is 2.26. The Morgan fingerprint density at radius 3 is 1.79 bits per heavy atom. The van der Waals surface area contributed by atoms with Crippen LogP contribution >= 0.6 is 0 Å². The van der Waals surface area contributed by atoms with Gasteiger partial charge in [0.05, 0.1) is 0 Å². The zero-order chi connectivity index (χ0) is 13.8. The van der Waals surface area contributed by atoms with E-state index in [1.165, 1.54) is 70.6 Å². The van der Waals surface area contributed by atoms with Gasteiger partial charge in [0, 0.05) is 12.1 Å². The SMILES string of the molecule is C=CCCNC1(CN)CCCCCCCCCCC1. The lowest BCUT2D eigenvalue weighted by Gasteiger charge is -2.34. The van der Waals surface area contributed by atoms with E-state index in [9.17, 15) is 0 Å². The molecule has 0 amide bonds. The molecule has 112 valence electrons. The molecule has 0 heterocycles. The molecular formula is C17H34N2. The van der Waals surface area contributed by atoms with Gasteiger partial charge in [0.2, 0.25) is 0 Å². The monoisotopic (exact) mass is 266 g/mol. The molecule has 0 aromatic heterocycles. The molecule has 0 aromatic rings. The zero-order valence-corrected chi connectivity index (χ0v) is 12.8. The Kier molecular flexibility index (Phi) is 9.19. The number of rotatable bonds is 5. The van der Waals surface area contributed by atoms with Gasteiger partial charge in [-0.15, -0.1) is 6.58 Å². The van der Waals surface area contributed by atoms with E-state index in [2.05, 4.69) is 11.9 Å². The normalized spacial score (nSPS) is 22.2. The van der Waals surface area contributed by atoms with Crippen LogP contribution in [0.5, 0.6) is 0 Å². The highest BCUT2D eigenvalue weighted by Crippen LogP contribution is 2.24. The maximum absolute atomic E-state index is 6.11. The summed E-state index contributed by atoms with van der Waals surface area (Å²) in [5.74, 6) is 0. The molecule has 0 bridgehead atoms. The van der Waals surface area contributed by atoms with Gasteiger partial charge >= 0.3 is 0 Å². The summed E-state index contributed by atoms with van der Waals surface area (Å²) in [5, 5.41) is 3.74. The van der Waals surface area contributed by atoms with Gasteiger partial charge in [-0.2, -0.15) is 0 Å². The van der Waals surface area contributed by atoms with Crippen molar-refractivity contribution in [2.24, 2.45) is 5.73 Å². The fourth-order valence-corrected chi connectivity index (χ4v) is 3.18. The van der Waals surface area contributed by atoms with Crippen molar-refractivity contribution in [2.45, 2.75) is 82.6 Å². The summed E-state index contributed by atoms with van der Waals surface area (Å²) in [5.41, 5.74) is 6.31. The van der Waals surface area contributed by atoms with Gasteiger partial charge in [-0.3, -0.25) is 0 Å². The Morgan fingerprint density at radius 1 is 0.895 bits per heavy atom. The van der Waals surface area contributed by atoms with Crippen LogP contribution < -0.4 is 11.1 Å². The minimum Gasteiger partial charge on any atom is -0.329 e. The summed E-state index contributed by atoms with van der Waals surface area (Å²) >= 11 is 0. The summed E-state index contributed by atoms with van der Waals surface area (Å²) in [6.07, 6.45) is 18.1. The predicted molar refractivity (Wildman–Crippen MR) is 85.4 cm³/mol. The molecule has 2 heteroatoms. The summed E-state index contributed by atoms with van der Waals surface area (Å²) in [7, 11) is 0. The largest absolute Gasteiger partial charge is 0.329 e. The standard InChI is InChI=1S/C17H34N2/c1-2-3-15-19-17(16-18)13-11-9-7-5-4-6-8-10-12-14-17/h2,19H,1,3-16,18H2. The van der Waals surface area contributed by atoms with Gasteiger partial charge in [-0.05, 0) is 25.8 Å². The molecule has 1 fully saturated rings. The van der Waals surface area contributed by atoms with Crippen molar-refractivity contribution >= 4 is 0 Å². The molecule has 1 aliphatic carbocycles. The average molecular weight is 266 g/mol. The molecule has 0 aliphatic heterocycles. The molecule has 1 aliphatic rings. The lowest BCUT2D eigenvalue weighted by molar-refractivity contribution is 0.269. The molecule has 19 heavy (non-hydrogen) atoms. The summed E-state index contributed by atoms with van der Waals surface area (Å²) in [6, 6.07) is 0. The van der Waals surface area contributed by atoms with Crippen molar-refractivity contribution < 1.29 is 0 Å². The van der Waals surface area contributed by atoms with Crippen LogP contribution in [0.1, 0.15) is 77.0 Å². The summed E-state index contributed by atoms with van der Waals surface area (Å²) in [4.78, 5) is 0. The summed E-state index contributed by atoms with van der Waals surface area (Å²) in [6.45, 7) is 5.61. The number of nitrogens with one attached hydrogen (secondary N) is 1. The smallest absolute Gasteiger partial charge is 0.0304 e. The lowest BCUT2D eigenvalue weighted by atomic mass is 9.85. The molecule has 0 atom stereocenters. The van der Waals surface area contributed by atoms with Crippen molar-refractivity contribution in [2.75, 3.05) is 13.1 Å². The third-order valence-corrected chi connectivity index (χ3v) is 4.55. The zero-order valence-electron chi connectivity index (χ0n) is 12.8. The van der Waals surface area contributed by atoms with Crippen LogP contribution in [0.25, 0.3) is 0 Å². The van der Waals surface area contributed by atoms with Crippen molar-refractivity contribution in [3.8, 4) is 0 Å². The Balaban J connectivity index is 2.47. The van der Waals surface area contributed by atoms with Gasteiger partial charge < -0.3 is 11.1 Å². The topological polar surface area (TPSA) is 38.0 Å². The van der Waals surface area contributed by atoms with E-state index in [4.69, 9.17) is 5.73 Å². The lowest BCUT2D eigenvalue weighted by Crippen LogP contribution is -2.51. The van der Waals surface area contributed by atoms with Crippen LogP contribution in [0, 0.1) is 0 Å². The molecule has 2 nitrogen and oxygen atoms in total. The molecule has 0 aromatic carbocycles. The highest BCUT2D eigenvalue weighted by molar-refractivity contribution is 4.90. The predicted octanol–water partition coefficient (Wildman–Crippen LogP) is 4.15. The Morgan fingerprint density at radius 2 is 1.37 bits per heavy atom. The maximum Gasteiger partial charge on any atom is 0.0304 e. The minimum atomic E-state index is 0.197. The van der Waals surface area contributed by atoms with E-state index < -0.39 is 0 Å². The van der Waals surface area contributed by atoms with Gasteiger partial charge in [-0.25, -0.2) is 0 Å². The molecule has 0 saturated heterocycles. The van der Waals surface area contributed by atoms with E-state index in [0.717, 1.165) is 19.5 Å². The van der Waals surface area contributed by atoms with Crippen molar-refractivity contribution in [1.29, 1.82) is 0 Å². The minimum absolute atomic E-state index is 0.197. The first-order valence-electron chi connectivity index (χ1n) is 8.39. The molecular weight excluding hydrogens is 232 g/mol.